The van der Waals surface area contributed by atoms with E-state index >= 15 is 0 Å². The SMILES string of the molecule is [2H]CC(=O)OC[C@H]1OC(O)(c2cc(Cc3ccc(CC)cc3)c(C)c(C3CC3)c2)[C@H](OC(=O)C[2H])[C@@H](OC(=O)C[2H])[C@@H]1OC(=O)C[2H]. The Balaban J connectivity index is 1.89. The molecule has 1 aliphatic heterocycles. The monoisotopic (exact) mass is 600 g/mol. The van der Waals surface area contributed by atoms with Crippen LogP contribution in [0.2, 0.25) is 0 Å². The second kappa shape index (κ2) is 13.3. The maximum atomic E-state index is 12.6. The van der Waals surface area contributed by atoms with E-state index in [4.69, 9.17) is 29.2 Å². The third-order valence-electron chi connectivity index (χ3n) is 7.72. The van der Waals surface area contributed by atoms with Gasteiger partial charge in [-0.1, -0.05) is 31.2 Å². The molecule has 10 heteroatoms. The first-order valence-corrected chi connectivity index (χ1v) is 14.0. The van der Waals surface area contributed by atoms with Gasteiger partial charge in [0.1, 0.15) is 12.7 Å². The van der Waals surface area contributed by atoms with Gasteiger partial charge >= 0.3 is 23.9 Å². The molecule has 0 bridgehead atoms. The second-order valence-electron chi connectivity index (χ2n) is 10.8. The van der Waals surface area contributed by atoms with Gasteiger partial charge in [0.2, 0.25) is 11.9 Å². The Morgan fingerprint density at radius 1 is 0.907 bits per heavy atom. The van der Waals surface area contributed by atoms with Crippen LogP contribution >= 0.6 is 0 Å². The minimum atomic E-state index is -2.61. The summed E-state index contributed by atoms with van der Waals surface area (Å²) >= 11 is 0. The summed E-state index contributed by atoms with van der Waals surface area (Å²) in [5.74, 6) is -6.74. The van der Waals surface area contributed by atoms with Crippen LogP contribution in [0.3, 0.4) is 0 Å². The molecule has 0 aromatic heterocycles. The highest BCUT2D eigenvalue weighted by Crippen LogP contribution is 2.47. The van der Waals surface area contributed by atoms with Gasteiger partial charge in [0, 0.05) is 38.6 Å². The van der Waals surface area contributed by atoms with Gasteiger partial charge in [0.25, 0.3) is 0 Å². The fourth-order valence-corrected chi connectivity index (χ4v) is 5.49. The standard InChI is InChI=1S/C33H40O10/c1-7-23-8-10-24(11-9-23)14-26-15-27(16-28(18(26)2)25-12-13-25)33(38)32(42-22(6)37)31(41-21(5)36)30(40-20(4)35)29(43-33)17-39-19(3)34/h8-11,15-16,25,29-32,38H,7,12-14,17H2,1-6H3/t29-,30-,31+,32-,33?/m1/s1/i3D,4D,5D,6D. The lowest BCUT2D eigenvalue weighted by atomic mass is 9.83. The van der Waals surface area contributed by atoms with Crippen molar-refractivity contribution in [3.05, 3.63) is 69.8 Å². The maximum absolute atomic E-state index is 12.6. The van der Waals surface area contributed by atoms with E-state index in [2.05, 4.69) is 6.92 Å². The van der Waals surface area contributed by atoms with Crippen molar-refractivity contribution in [2.45, 2.75) is 103 Å². The summed E-state index contributed by atoms with van der Waals surface area (Å²) in [7, 11) is 0. The van der Waals surface area contributed by atoms with Crippen LogP contribution in [-0.4, -0.2) is 60.0 Å². The van der Waals surface area contributed by atoms with Gasteiger partial charge in [-0.05, 0) is 78.5 Å². The van der Waals surface area contributed by atoms with Gasteiger partial charge in [-0.2, -0.15) is 0 Å². The lowest BCUT2D eigenvalue weighted by Crippen LogP contribution is -2.66. The molecule has 0 amide bonds. The summed E-state index contributed by atoms with van der Waals surface area (Å²) in [6.45, 7) is -0.0101. The third-order valence-corrected chi connectivity index (χ3v) is 7.72. The van der Waals surface area contributed by atoms with Gasteiger partial charge in [-0.15, -0.1) is 0 Å². The van der Waals surface area contributed by atoms with E-state index < -0.39 is 88.3 Å². The lowest BCUT2D eigenvalue weighted by molar-refractivity contribution is -0.360. The Kier molecular flexibility index (Phi) is 8.28. The third kappa shape index (κ3) is 7.61. The first-order chi connectivity index (χ1) is 22.5. The van der Waals surface area contributed by atoms with Crippen molar-refractivity contribution in [1.82, 2.24) is 0 Å². The molecule has 43 heavy (non-hydrogen) atoms. The van der Waals surface area contributed by atoms with Gasteiger partial charge < -0.3 is 28.8 Å². The molecule has 0 radical (unpaired) electrons. The maximum Gasteiger partial charge on any atom is 0.303 e. The summed E-state index contributed by atoms with van der Waals surface area (Å²) in [6, 6.07) is 11.5. The van der Waals surface area contributed by atoms with Crippen LogP contribution in [0.15, 0.2) is 36.4 Å². The van der Waals surface area contributed by atoms with Crippen LogP contribution in [0.4, 0.5) is 0 Å². The molecular weight excluding hydrogens is 556 g/mol. The van der Waals surface area contributed by atoms with Gasteiger partial charge in [0.15, 0.2) is 12.2 Å². The minimum Gasteiger partial charge on any atom is -0.463 e. The molecule has 1 unspecified atom stereocenters. The van der Waals surface area contributed by atoms with Gasteiger partial charge in [-0.3, -0.25) is 19.2 Å². The molecule has 1 saturated carbocycles. The van der Waals surface area contributed by atoms with Crippen LogP contribution in [-0.2, 0) is 61.5 Å². The topological polar surface area (TPSA) is 135 Å². The Labute approximate surface area is 257 Å². The average molecular weight is 601 g/mol. The summed E-state index contributed by atoms with van der Waals surface area (Å²) in [6.07, 6.45) is -3.79. The predicted octanol–water partition coefficient (Wildman–Crippen LogP) is 3.93. The number of rotatable bonds is 10. The zero-order chi connectivity index (χ0) is 34.3. The molecule has 2 aromatic carbocycles. The summed E-state index contributed by atoms with van der Waals surface area (Å²) in [5, 5.41) is 12.5. The van der Waals surface area contributed by atoms with E-state index in [1.54, 1.807) is 12.1 Å². The van der Waals surface area contributed by atoms with Gasteiger partial charge in [-0.25, -0.2) is 0 Å². The van der Waals surface area contributed by atoms with Crippen LogP contribution < -0.4 is 0 Å². The minimum absolute atomic E-state index is 0.113. The molecule has 0 spiro atoms. The molecule has 1 saturated heterocycles. The Bertz CT molecular complexity index is 1450. The normalized spacial score (nSPS) is 26.2. The molecule has 5 atom stereocenters. The number of hydrogen-bond donors (Lipinski definition) is 1. The number of aliphatic hydroxyl groups is 1. The van der Waals surface area contributed by atoms with E-state index in [1.807, 2.05) is 31.2 Å². The van der Waals surface area contributed by atoms with Crippen LogP contribution in [0, 0.1) is 6.92 Å². The smallest absolute Gasteiger partial charge is 0.303 e. The van der Waals surface area contributed by atoms with E-state index in [9.17, 15) is 24.3 Å². The first kappa shape index (κ1) is 26.8. The number of hydrogen-bond acceptors (Lipinski definition) is 10. The molecule has 1 heterocycles. The summed E-state index contributed by atoms with van der Waals surface area (Å²) in [5.41, 5.74) is 5.04. The van der Waals surface area contributed by atoms with E-state index in [1.165, 1.54) is 5.56 Å². The van der Waals surface area contributed by atoms with Crippen LogP contribution in [0.25, 0.3) is 0 Å². The molecule has 2 aliphatic rings. The van der Waals surface area contributed by atoms with Crippen molar-refractivity contribution in [1.29, 1.82) is 0 Å². The molecule has 1 N–H and O–H groups in total. The van der Waals surface area contributed by atoms with Crippen molar-refractivity contribution in [2.75, 3.05) is 6.61 Å². The number of benzene rings is 2. The fraction of sp³-hybridized carbons (Fsp3) is 0.515. The second-order valence-corrected chi connectivity index (χ2v) is 10.8. The highest BCUT2D eigenvalue weighted by Gasteiger charge is 2.60. The fourth-order valence-electron chi connectivity index (χ4n) is 5.49. The first-order valence-electron chi connectivity index (χ1n) is 16.8. The van der Waals surface area contributed by atoms with E-state index in [-0.39, 0.29) is 11.5 Å². The van der Waals surface area contributed by atoms with Crippen molar-refractivity contribution in [3.63, 3.8) is 0 Å². The highest BCUT2D eigenvalue weighted by molar-refractivity contribution is 5.69. The summed E-state index contributed by atoms with van der Waals surface area (Å²) in [4.78, 5) is 49.5. The van der Waals surface area contributed by atoms with Crippen molar-refractivity contribution < 1.29 is 53.5 Å². The van der Waals surface area contributed by atoms with E-state index in [0.717, 1.165) is 41.5 Å². The largest absolute Gasteiger partial charge is 0.463 e. The molecule has 4 rings (SSSR count). The predicted molar refractivity (Wildman–Crippen MR) is 154 cm³/mol. The number of carbonyl (C=O) groups is 4. The Morgan fingerprint density at radius 3 is 2.12 bits per heavy atom. The van der Waals surface area contributed by atoms with Crippen molar-refractivity contribution in [3.8, 4) is 0 Å². The quantitative estimate of drug-likeness (QED) is 0.316. The molecule has 232 valence electrons. The Hall–Kier alpha value is -3.76. The Morgan fingerprint density at radius 2 is 1.51 bits per heavy atom. The van der Waals surface area contributed by atoms with Gasteiger partial charge in [0.05, 0.1) is 0 Å². The number of ether oxygens (including phenoxy) is 5. The van der Waals surface area contributed by atoms with Crippen molar-refractivity contribution >= 4 is 23.9 Å². The van der Waals surface area contributed by atoms with Crippen LogP contribution in [0.5, 0.6) is 0 Å². The molecule has 2 fully saturated rings. The lowest BCUT2D eigenvalue weighted by Gasteiger charge is -2.49. The molecule has 1 aliphatic carbocycles. The van der Waals surface area contributed by atoms with E-state index in [0.29, 0.717) is 6.42 Å². The molecule has 10 nitrogen and oxygen atoms in total. The highest BCUT2D eigenvalue weighted by atomic mass is 16.7. The summed E-state index contributed by atoms with van der Waals surface area (Å²) < 4.78 is 57.5. The molecule has 2 aromatic rings. The number of carbonyl (C=O) groups excluding carboxylic acids is 4. The zero-order valence-corrected chi connectivity index (χ0v) is 24.3. The number of aryl methyl sites for hydroxylation is 1. The zero-order valence-electron chi connectivity index (χ0n) is 28.3. The van der Waals surface area contributed by atoms with Crippen molar-refractivity contribution in [2.24, 2.45) is 0 Å². The average Bonchev–Trinajstić information content (AvgIpc) is 3.93. The number of esters is 4. The van der Waals surface area contributed by atoms with Crippen LogP contribution in [0.1, 0.15) is 92.1 Å². The molecular formula is C33H40O10.